The van der Waals surface area contributed by atoms with Gasteiger partial charge in [-0.05, 0) is 48.7 Å². The molecule has 0 bridgehead atoms. The zero-order valence-electron chi connectivity index (χ0n) is 9.20. The van der Waals surface area contributed by atoms with Gasteiger partial charge in [0.15, 0.2) is 0 Å². The van der Waals surface area contributed by atoms with Crippen LogP contribution in [0.1, 0.15) is 34.3 Å². The second-order valence-corrected chi connectivity index (χ2v) is 4.60. The Bertz CT molecular complexity index is 470. The topological polar surface area (TPSA) is 39.2 Å². The maximum absolute atomic E-state index is 6.22. The van der Waals surface area contributed by atoms with Gasteiger partial charge in [-0.15, -0.1) is 0 Å². The fraction of sp³-hybridized carbons (Fsp3) is 0.333. The predicted octanol–water partition coefficient (Wildman–Crippen LogP) is 3.31. The van der Waals surface area contributed by atoms with Gasteiger partial charge in [0.25, 0.3) is 0 Å². The van der Waals surface area contributed by atoms with Gasteiger partial charge in [-0.2, -0.15) is 11.3 Å². The van der Waals surface area contributed by atoms with E-state index in [4.69, 9.17) is 10.2 Å². The molecular formula is C12H15NOS. The monoisotopic (exact) mass is 221 g/mol. The lowest BCUT2D eigenvalue weighted by Crippen LogP contribution is -2.12. The number of rotatable bonds is 2. The van der Waals surface area contributed by atoms with E-state index in [0.717, 1.165) is 17.1 Å². The largest absolute Gasteiger partial charge is 0.466 e. The van der Waals surface area contributed by atoms with Crippen LogP contribution in [0.5, 0.6) is 0 Å². The maximum Gasteiger partial charge on any atom is 0.106 e. The summed E-state index contributed by atoms with van der Waals surface area (Å²) in [4.78, 5) is 0. The average molecular weight is 221 g/mol. The van der Waals surface area contributed by atoms with Gasteiger partial charge in [-0.3, -0.25) is 0 Å². The van der Waals surface area contributed by atoms with E-state index in [2.05, 4.69) is 17.7 Å². The Morgan fingerprint density at radius 1 is 1.20 bits per heavy atom. The Kier molecular flexibility index (Phi) is 2.67. The van der Waals surface area contributed by atoms with Crippen molar-refractivity contribution in [3.63, 3.8) is 0 Å². The Labute approximate surface area is 93.7 Å². The van der Waals surface area contributed by atoms with Gasteiger partial charge in [0.2, 0.25) is 0 Å². The Hall–Kier alpha value is -1.06. The molecule has 2 nitrogen and oxygen atoms in total. The normalized spacial score (nSPS) is 13.1. The van der Waals surface area contributed by atoms with E-state index in [0.29, 0.717) is 0 Å². The highest BCUT2D eigenvalue weighted by Crippen LogP contribution is 2.29. The molecule has 2 aromatic heterocycles. The average Bonchev–Trinajstić information content (AvgIpc) is 2.71. The summed E-state index contributed by atoms with van der Waals surface area (Å²) in [5.41, 5.74) is 9.77. The van der Waals surface area contributed by atoms with Gasteiger partial charge < -0.3 is 10.2 Å². The molecule has 2 N–H and O–H groups in total. The first kappa shape index (κ1) is 10.5. The summed E-state index contributed by atoms with van der Waals surface area (Å²) in [7, 11) is 0. The molecule has 2 heterocycles. The first-order valence-corrected chi connectivity index (χ1v) is 5.89. The van der Waals surface area contributed by atoms with Crippen molar-refractivity contribution in [2.45, 2.75) is 26.8 Å². The Morgan fingerprint density at radius 3 is 2.40 bits per heavy atom. The zero-order chi connectivity index (χ0) is 11.0. The third-order valence-electron chi connectivity index (χ3n) is 2.64. The van der Waals surface area contributed by atoms with Crippen molar-refractivity contribution >= 4 is 11.3 Å². The van der Waals surface area contributed by atoms with E-state index in [9.17, 15) is 0 Å². The van der Waals surface area contributed by atoms with Crippen LogP contribution < -0.4 is 5.73 Å². The van der Waals surface area contributed by atoms with Crippen LogP contribution in [0.15, 0.2) is 21.2 Å². The van der Waals surface area contributed by atoms with Crippen molar-refractivity contribution < 1.29 is 4.42 Å². The van der Waals surface area contributed by atoms with Crippen molar-refractivity contribution in [2.75, 3.05) is 0 Å². The second kappa shape index (κ2) is 3.83. The first-order chi connectivity index (χ1) is 7.09. The van der Waals surface area contributed by atoms with Crippen LogP contribution in [-0.2, 0) is 0 Å². The van der Waals surface area contributed by atoms with E-state index in [1.54, 1.807) is 11.3 Å². The van der Waals surface area contributed by atoms with Crippen LogP contribution in [0, 0.1) is 20.8 Å². The van der Waals surface area contributed by atoms with Crippen LogP contribution >= 0.6 is 11.3 Å². The van der Waals surface area contributed by atoms with E-state index in [1.165, 1.54) is 11.1 Å². The third-order valence-corrected chi connectivity index (χ3v) is 3.52. The molecule has 0 saturated heterocycles. The van der Waals surface area contributed by atoms with Gasteiger partial charge in [-0.25, -0.2) is 0 Å². The lowest BCUT2D eigenvalue weighted by Gasteiger charge is -2.10. The van der Waals surface area contributed by atoms with Gasteiger partial charge in [0.05, 0.1) is 6.04 Å². The molecule has 1 atom stereocenters. The minimum atomic E-state index is -0.0614. The van der Waals surface area contributed by atoms with E-state index < -0.39 is 0 Å². The molecule has 0 aliphatic rings. The number of nitrogens with two attached hydrogens (primary N) is 1. The molecule has 0 saturated carbocycles. The van der Waals surface area contributed by atoms with Gasteiger partial charge >= 0.3 is 0 Å². The lowest BCUT2D eigenvalue weighted by molar-refractivity contribution is 0.499. The molecule has 15 heavy (non-hydrogen) atoms. The molecule has 0 radical (unpaired) electrons. The van der Waals surface area contributed by atoms with E-state index >= 15 is 0 Å². The highest BCUT2D eigenvalue weighted by atomic mass is 32.1. The highest BCUT2D eigenvalue weighted by molar-refractivity contribution is 7.08. The standard InChI is InChI=1S/C12H15NOS/c1-7-5-15-6-11(7)12(13)10-4-8(2)14-9(10)3/h4-6,12H,13H2,1-3H3. The molecule has 2 rings (SSSR count). The summed E-state index contributed by atoms with van der Waals surface area (Å²) in [5, 5.41) is 4.24. The fourth-order valence-corrected chi connectivity index (χ4v) is 2.70. The first-order valence-electron chi connectivity index (χ1n) is 4.95. The molecular weight excluding hydrogens is 206 g/mol. The van der Waals surface area contributed by atoms with Crippen molar-refractivity contribution in [3.8, 4) is 0 Å². The molecule has 0 spiro atoms. The fourth-order valence-electron chi connectivity index (χ4n) is 1.82. The summed E-state index contributed by atoms with van der Waals surface area (Å²) in [6.45, 7) is 6.00. The van der Waals surface area contributed by atoms with E-state index in [-0.39, 0.29) is 6.04 Å². The summed E-state index contributed by atoms with van der Waals surface area (Å²) in [6.07, 6.45) is 0. The van der Waals surface area contributed by atoms with Crippen molar-refractivity contribution in [3.05, 3.63) is 45.0 Å². The van der Waals surface area contributed by atoms with Crippen LogP contribution in [-0.4, -0.2) is 0 Å². The molecule has 0 amide bonds. The Balaban J connectivity index is 2.40. The van der Waals surface area contributed by atoms with Crippen LogP contribution in [0.25, 0.3) is 0 Å². The van der Waals surface area contributed by atoms with Crippen LogP contribution in [0.2, 0.25) is 0 Å². The quantitative estimate of drug-likeness (QED) is 0.845. The Morgan fingerprint density at radius 2 is 1.93 bits per heavy atom. The zero-order valence-corrected chi connectivity index (χ0v) is 10.0. The minimum Gasteiger partial charge on any atom is -0.466 e. The molecule has 0 aliphatic carbocycles. The van der Waals surface area contributed by atoms with Gasteiger partial charge in [0, 0.05) is 5.56 Å². The third kappa shape index (κ3) is 1.85. The molecule has 2 aromatic rings. The van der Waals surface area contributed by atoms with Gasteiger partial charge in [0.1, 0.15) is 11.5 Å². The second-order valence-electron chi connectivity index (χ2n) is 3.86. The number of hydrogen-bond acceptors (Lipinski definition) is 3. The molecule has 3 heteroatoms. The SMILES string of the molecule is Cc1cc(C(N)c2cscc2C)c(C)o1. The number of aryl methyl sites for hydroxylation is 3. The number of hydrogen-bond donors (Lipinski definition) is 1. The highest BCUT2D eigenvalue weighted by Gasteiger charge is 2.17. The minimum absolute atomic E-state index is 0.0614. The molecule has 1 unspecified atom stereocenters. The summed E-state index contributed by atoms with van der Waals surface area (Å²) in [5.74, 6) is 1.84. The lowest BCUT2D eigenvalue weighted by atomic mass is 10.00. The smallest absolute Gasteiger partial charge is 0.106 e. The van der Waals surface area contributed by atoms with Crippen molar-refractivity contribution in [2.24, 2.45) is 5.73 Å². The molecule has 80 valence electrons. The van der Waals surface area contributed by atoms with E-state index in [1.807, 2.05) is 19.9 Å². The molecule has 0 fully saturated rings. The maximum atomic E-state index is 6.22. The van der Waals surface area contributed by atoms with Crippen molar-refractivity contribution in [1.82, 2.24) is 0 Å². The number of furan rings is 1. The molecule has 0 aliphatic heterocycles. The summed E-state index contributed by atoms with van der Waals surface area (Å²) in [6, 6.07) is 1.96. The summed E-state index contributed by atoms with van der Waals surface area (Å²) >= 11 is 1.69. The van der Waals surface area contributed by atoms with Crippen molar-refractivity contribution in [1.29, 1.82) is 0 Å². The summed E-state index contributed by atoms with van der Waals surface area (Å²) < 4.78 is 5.50. The van der Waals surface area contributed by atoms with Gasteiger partial charge in [-0.1, -0.05) is 0 Å². The van der Waals surface area contributed by atoms with Crippen LogP contribution in [0.3, 0.4) is 0 Å². The molecule has 0 aromatic carbocycles. The number of thiophene rings is 1. The van der Waals surface area contributed by atoms with Crippen LogP contribution in [0.4, 0.5) is 0 Å². The predicted molar refractivity (Wildman–Crippen MR) is 63.3 cm³/mol.